The molecule has 33 heavy (non-hydrogen) atoms. The number of hydrogen-bond donors (Lipinski definition) is 0. The third-order valence-corrected chi connectivity index (χ3v) is 5.19. The lowest BCUT2D eigenvalue weighted by molar-refractivity contribution is -0.671. The summed E-state index contributed by atoms with van der Waals surface area (Å²) in [6.45, 7) is 6.87. The van der Waals surface area contributed by atoms with Crippen molar-refractivity contribution in [2.75, 3.05) is 0 Å². The summed E-state index contributed by atoms with van der Waals surface area (Å²) in [6, 6.07) is 0. The van der Waals surface area contributed by atoms with Gasteiger partial charge in [0.25, 0.3) is 0 Å². The van der Waals surface area contributed by atoms with Crippen LogP contribution in [0.25, 0.3) is 0 Å². The Labute approximate surface area is 200 Å². The molecule has 2 aromatic heterocycles. The highest BCUT2D eigenvalue weighted by molar-refractivity contribution is 7.42. The number of halogens is 1. The van der Waals surface area contributed by atoms with Crippen LogP contribution in [0.2, 0.25) is 0 Å². The fourth-order valence-corrected chi connectivity index (χ4v) is 3.42. The van der Waals surface area contributed by atoms with Gasteiger partial charge in [0.1, 0.15) is 32.7 Å². The molecule has 2 rings (SSSR count). The van der Waals surface area contributed by atoms with Gasteiger partial charge in [-0.2, -0.15) is 0 Å². The van der Waals surface area contributed by atoms with Crippen molar-refractivity contribution in [3.05, 3.63) is 37.4 Å². The lowest BCUT2D eigenvalue weighted by atomic mass is 10.1. The Morgan fingerprint density at radius 3 is 1.27 bits per heavy atom. The van der Waals surface area contributed by atoms with Gasteiger partial charge in [0.2, 0.25) is 12.7 Å². The van der Waals surface area contributed by atoms with E-state index in [0.717, 1.165) is 0 Å². The van der Waals surface area contributed by atoms with E-state index >= 15 is 0 Å². The Morgan fingerprint density at radius 1 is 0.697 bits per heavy atom. The van der Waals surface area contributed by atoms with Crippen molar-refractivity contribution in [3.63, 3.8) is 0 Å². The zero-order valence-electron chi connectivity index (χ0n) is 21.2. The molecular weight excluding hydrogens is 442 g/mol. The molecule has 9 heteroatoms. The van der Waals surface area contributed by atoms with Crippen LogP contribution in [0.15, 0.2) is 37.4 Å². The second kappa shape index (κ2) is 19.9. The van der Waals surface area contributed by atoms with E-state index < -0.39 is 7.91 Å². The number of nitrogens with zero attached hydrogens (tertiary/aromatic N) is 4. The number of unbranched alkanes of at least 4 members (excludes halogenated alkanes) is 10. The summed E-state index contributed by atoms with van der Waals surface area (Å²) in [5.41, 5.74) is 0. The molecule has 0 amide bonds. The average molecular weight is 489 g/mol. The molecule has 0 saturated heterocycles. The minimum Gasteiger partial charge on any atom is -0.786 e. The minimum absolute atomic E-state index is 1.17. The molecule has 2 aromatic rings. The molecule has 0 saturated carbocycles. The van der Waals surface area contributed by atoms with E-state index in [1.165, 1.54) is 90.1 Å². The van der Waals surface area contributed by atoms with Crippen LogP contribution in [0, 0.1) is 0 Å². The summed E-state index contributed by atoms with van der Waals surface area (Å²) in [4.78, 5) is 16.9. The van der Waals surface area contributed by atoms with Gasteiger partial charge >= 0.3 is 0 Å². The zero-order valence-corrected chi connectivity index (χ0v) is 22.1. The molecule has 0 fully saturated rings. The van der Waals surface area contributed by atoms with Crippen molar-refractivity contribution in [1.29, 1.82) is 0 Å². The van der Waals surface area contributed by atoms with Crippen molar-refractivity contribution in [2.24, 2.45) is 14.1 Å². The number of hydrogen-bond acceptors (Lipinski definition) is 3. The molecule has 2 heterocycles. The third-order valence-electron chi connectivity index (χ3n) is 5.19. The van der Waals surface area contributed by atoms with Gasteiger partial charge in [0.05, 0.1) is 27.2 Å². The summed E-state index contributed by atoms with van der Waals surface area (Å²) in [5.74, 6) is 0. The minimum atomic E-state index is -5.64. The number of rotatable bonds is 14. The van der Waals surface area contributed by atoms with E-state index in [1.54, 1.807) is 0 Å². The topological polar surface area (TPSA) is 80.8 Å². The van der Waals surface area contributed by atoms with Crippen molar-refractivity contribution in [1.82, 2.24) is 9.13 Å². The lowest BCUT2D eigenvalue weighted by Gasteiger charge is -2.15. The molecule has 0 bridgehead atoms. The van der Waals surface area contributed by atoms with Crippen LogP contribution in [0.3, 0.4) is 0 Å². The number of aromatic nitrogens is 4. The maximum absolute atomic E-state index is 10.1. The second-order valence-corrected chi connectivity index (χ2v) is 9.46. The number of imidazole rings is 2. The van der Waals surface area contributed by atoms with Gasteiger partial charge in [-0.25, -0.2) is 22.5 Å². The van der Waals surface area contributed by atoms with Gasteiger partial charge in [0, 0.05) is 0 Å². The molecule has 0 N–H and O–H groups in total. The molecule has 0 spiro atoms. The van der Waals surface area contributed by atoms with Gasteiger partial charge in [-0.1, -0.05) is 65.2 Å². The molecular formula is C24H46FN4O3P. The first-order valence-corrected chi connectivity index (χ1v) is 13.8. The second-order valence-electron chi connectivity index (χ2n) is 8.60. The zero-order chi connectivity index (χ0) is 25.0. The van der Waals surface area contributed by atoms with Gasteiger partial charge in [-0.05, 0) is 25.7 Å². The molecule has 192 valence electrons. The maximum Gasteiger partial charge on any atom is 0.243 e. The van der Waals surface area contributed by atoms with Crippen LogP contribution < -0.4 is 18.9 Å². The van der Waals surface area contributed by atoms with E-state index in [2.05, 4.69) is 83.7 Å². The van der Waals surface area contributed by atoms with Crippen LogP contribution >= 0.6 is 7.91 Å². The monoisotopic (exact) mass is 488 g/mol. The predicted molar refractivity (Wildman–Crippen MR) is 127 cm³/mol. The van der Waals surface area contributed by atoms with Crippen molar-refractivity contribution in [2.45, 2.75) is 104 Å². The van der Waals surface area contributed by atoms with Crippen LogP contribution in [0.4, 0.5) is 4.20 Å². The first kappa shape index (κ1) is 31.5. The predicted octanol–water partition coefficient (Wildman–Crippen LogP) is 4.13. The highest BCUT2D eigenvalue weighted by atomic mass is 31.2. The highest BCUT2D eigenvalue weighted by Gasteiger charge is 1.99. The summed E-state index contributed by atoms with van der Waals surface area (Å²) in [5, 5.41) is 0. The standard InChI is InChI=1S/2C12H23N2.FH2O3P/c2*1-3-4-5-6-7-8-9-14-11-10-13(2)12-14;1-5(2,3)4/h2*10-12H,3-9H2,1-2H3;(H2,2,3,4)/q2*+1;/p-2. The summed E-state index contributed by atoms with van der Waals surface area (Å²) in [7, 11) is -1.50. The Balaban J connectivity index is 0.000000517. The van der Waals surface area contributed by atoms with E-state index in [0.29, 0.717) is 0 Å². The average Bonchev–Trinajstić information content (AvgIpc) is 3.34. The van der Waals surface area contributed by atoms with Crippen molar-refractivity contribution in [3.8, 4) is 0 Å². The van der Waals surface area contributed by atoms with Crippen LogP contribution in [-0.4, -0.2) is 9.13 Å². The smallest absolute Gasteiger partial charge is 0.243 e. The lowest BCUT2D eigenvalue weighted by Crippen LogP contribution is -2.23. The van der Waals surface area contributed by atoms with Crippen molar-refractivity contribution < 1.29 is 27.7 Å². The van der Waals surface area contributed by atoms with Crippen LogP contribution in [0.5, 0.6) is 0 Å². The first-order valence-electron chi connectivity index (χ1n) is 12.4. The maximum atomic E-state index is 10.1. The quantitative estimate of drug-likeness (QED) is 0.228. The Kier molecular flexibility index (Phi) is 19.0. The number of aryl methyl sites for hydroxylation is 4. The van der Waals surface area contributed by atoms with Gasteiger partial charge in [0.15, 0.2) is 0 Å². The summed E-state index contributed by atoms with van der Waals surface area (Å²) in [6.07, 6.45) is 29.3. The molecule has 0 atom stereocenters. The largest absolute Gasteiger partial charge is 0.786 e. The molecule has 0 aromatic carbocycles. The molecule has 7 nitrogen and oxygen atoms in total. The Bertz CT molecular complexity index is 685. The Morgan fingerprint density at radius 2 is 1.00 bits per heavy atom. The van der Waals surface area contributed by atoms with E-state index in [-0.39, 0.29) is 0 Å². The summed E-state index contributed by atoms with van der Waals surface area (Å²) < 4.78 is 27.3. The molecule has 0 aliphatic heterocycles. The Hall–Kier alpha value is -1.50. The van der Waals surface area contributed by atoms with Gasteiger partial charge in [-0.15, -0.1) is 0 Å². The van der Waals surface area contributed by atoms with Crippen LogP contribution in [0.1, 0.15) is 90.9 Å². The highest BCUT2D eigenvalue weighted by Crippen LogP contribution is 2.22. The fraction of sp³-hybridized carbons (Fsp3) is 0.750. The van der Waals surface area contributed by atoms with E-state index in [1.807, 2.05) is 0 Å². The molecule has 0 radical (unpaired) electrons. The molecule has 0 unspecified atom stereocenters. The molecule has 0 aliphatic rings. The third kappa shape index (κ3) is 23.5. The van der Waals surface area contributed by atoms with Crippen LogP contribution in [-0.2, 0) is 31.7 Å². The van der Waals surface area contributed by atoms with Crippen molar-refractivity contribution >= 4 is 7.91 Å². The normalized spacial score (nSPS) is 10.9. The molecule has 0 aliphatic carbocycles. The van der Waals surface area contributed by atoms with Gasteiger partial charge in [-0.3, -0.25) is 0 Å². The summed E-state index contributed by atoms with van der Waals surface area (Å²) >= 11 is 0. The van der Waals surface area contributed by atoms with E-state index in [4.69, 9.17) is 14.4 Å². The van der Waals surface area contributed by atoms with Gasteiger partial charge < -0.3 is 14.4 Å². The first-order chi connectivity index (χ1) is 15.7. The fourth-order valence-electron chi connectivity index (χ4n) is 3.42. The van der Waals surface area contributed by atoms with E-state index in [9.17, 15) is 4.20 Å². The SMILES string of the molecule is CCCCCCCCn1cc[n+](C)c1.CCCCCCCCn1cc[n+](C)c1.O=P([O-])([O-])F.